The standard InChI is InChI=1S/C12H23N3O/c1-10(2)15-9-11(3)14-12(15)13-7-5-6-8-16-4/h9-10H,5-8H2,1-4H3,(H,13,14). The largest absolute Gasteiger partial charge is 0.385 e. The Morgan fingerprint density at radius 2 is 2.19 bits per heavy atom. The lowest BCUT2D eigenvalue weighted by molar-refractivity contribution is 0.193. The molecule has 0 aromatic carbocycles. The molecule has 1 aromatic rings. The third-order valence-corrected chi connectivity index (χ3v) is 2.47. The minimum absolute atomic E-state index is 0.447. The van der Waals surface area contributed by atoms with Gasteiger partial charge in [0.2, 0.25) is 5.95 Å². The Morgan fingerprint density at radius 3 is 2.81 bits per heavy atom. The highest BCUT2D eigenvalue weighted by Crippen LogP contribution is 2.15. The molecule has 4 nitrogen and oxygen atoms in total. The first-order valence-electron chi connectivity index (χ1n) is 5.93. The summed E-state index contributed by atoms with van der Waals surface area (Å²) in [6.45, 7) is 8.13. The minimum atomic E-state index is 0.447. The van der Waals surface area contributed by atoms with Gasteiger partial charge in [-0.2, -0.15) is 0 Å². The summed E-state index contributed by atoms with van der Waals surface area (Å²) in [4.78, 5) is 4.47. The molecule has 4 heteroatoms. The van der Waals surface area contributed by atoms with Crippen LogP contribution in [0.1, 0.15) is 38.4 Å². The quantitative estimate of drug-likeness (QED) is 0.725. The molecule has 16 heavy (non-hydrogen) atoms. The van der Waals surface area contributed by atoms with Crippen LogP contribution in [0, 0.1) is 6.92 Å². The van der Waals surface area contributed by atoms with E-state index in [4.69, 9.17) is 4.74 Å². The van der Waals surface area contributed by atoms with Crippen molar-refractivity contribution in [1.82, 2.24) is 9.55 Å². The Bertz CT molecular complexity index is 307. The van der Waals surface area contributed by atoms with Gasteiger partial charge in [-0.25, -0.2) is 4.98 Å². The van der Waals surface area contributed by atoms with Crippen LogP contribution in [0.5, 0.6) is 0 Å². The van der Waals surface area contributed by atoms with Crippen LogP contribution in [0.2, 0.25) is 0 Å². The number of unbranched alkanes of at least 4 members (excludes halogenated alkanes) is 1. The van der Waals surface area contributed by atoms with Crippen molar-refractivity contribution in [2.45, 2.75) is 39.7 Å². The molecule has 0 aliphatic carbocycles. The molecule has 1 heterocycles. The third-order valence-electron chi connectivity index (χ3n) is 2.47. The summed E-state index contributed by atoms with van der Waals surface area (Å²) in [5.74, 6) is 0.977. The SMILES string of the molecule is COCCCCNc1nc(C)cn1C(C)C. The number of hydrogen-bond donors (Lipinski definition) is 1. The van der Waals surface area contributed by atoms with E-state index in [0.717, 1.165) is 37.6 Å². The van der Waals surface area contributed by atoms with Gasteiger partial charge in [0, 0.05) is 32.5 Å². The number of imidazole rings is 1. The van der Waals surface area contributed by atoms with Crippen LogP contribution in [0.15, 0.2) is 6.20 Å². The molecule has 0 saturated carbocycles. The summed E-state index contributed by atoms with van der Waals surface area (Å²) in [6.07, 6.45) is 4.28. The molecule has 0 bridgehead atoms. The predicted octanol–water partition coefficient (Wildman–Crippen LogP) is 2.61. The zero-order chi connectivity index (χ0) is 12.0. The van der Waals surface area contributed by atoms with Crippen molar-refractivity contribution in [1.29, 1.82) is 0 Å². The van der Waals surface area contributed by atoms with Crippen LogP contribution in [0.3, 0.4) is 0 Å². The van der Waals surface area contributed by atoms with E-state index in [1.807, 2.05) is 6.92 Å². The number of aromatic nitrogens is 2. The molecule has 1 N–H and O–H groups in total. The predicted molar refractivity (Wildman–Crippen MR) is 66.9 cm³/mol. The van der Waals surface area contributed by atoms with Crippen LogP contribution in [0.25, 0.3) is 0 Å². The molecule has 0 aliphatic heterocycles. The van der Waals surface area contributed by atoms with E-state index < -0.39 is 0 Å². The fourth-order valence-electron chi connectivity index (χ4n) is 1.61. The highest BCUT2D eigenvalue weighted by atomic mass is 16.5. The average molecular weight is 225 g/mol. The number of nitrogens with one attached hydrogen (secondary N) is 1. The monoisotopic (exact) mass is 225 g/mol. The van der Waals surface area contributed by atoms with Gasteiger partial charge in [0.15, 0.2) is 0 Å². The molecule has 0 unspecified atom stereocenters. The Kier molecular flexibility index (Phi) is 5.32. The number of methoxy groups -OCH3 is 1. The minimum Gasteiger partial charge on any atom is -0.385 e. The van der Waals surface area contributed by atoms with Gasteiger partial charge in [-0.3, -0.25) is 0 Å². The highest BCUT2D eigenvalue weighted by Gasteiger charge is 2.07. The molecule has 1 aromatic heterocycles. The van der Waals surface area contributed by atoms with Crippen LogP contribution < -0.4 is 5.32 Å². The van der Waals surface area contributed by atoms with Gasteiger partial charge in [-0.1, -0.05) is 0 Å². The molecule has 1 rings (SSSR count). The number of aryl methyl sites for hydroxylation is 1. The maximum Gasteiger partial charge on any atom is 0.203 e. The van der Waals surface area contributed by atoms with Crippen LogP contribution in [-0.4, -0.2) is 29.8 Å². The molecule has 0 fully saturated rings. The summed E-state index contributed by atoms with van der Waals surface area (Å²) in [6, 6.07) is 0.447. The normalized spacial score (nSPS) is 11.1. The van der Waals surface area contributed by atoms with Crippen molar-refractivity contribution in [2.24, 2.45) is 0 Å². The summed E-state index contributed by atoms with van der Waals surface area (Å²) in [5, 5.41) is 3.37. The second-order valence-corrected chi connectivity index (χ2v) is 4.33. The van der Waals surface area contributed by atoms with Gasteiger partial charge in [-0.15, -0.1) is 0 Å². The van der Waals surface area contributed by atoms with Crippen molar-refractivity contribution in [3.8, 4) is 0 Å². The third kappa shape index (κ3) is 3.85. The first kappa shape index (κ1) is 13.0. The molecule has 92 valence electrons. The van der Waals surface area contributed by atoms with Crippen molar-refractivity contribution < 1.29 is 4.74 Å². The van der Waals surface area contributed by atoms with E-state index in [1.165, 1.54) is 0 Å². The highest BCUT2D eigenvalue weighted by molar-refractivity contribution is 5.29. The van der Waals surface area contributed by atoms with Crippen LogP contribution >= 0.6 is 0 Å². The number of hydrogen-bond acceptors (Lipinski definition) is 3. The zero-order valence-corrected chi connectivity index (χ0v) is 10.8. The lowest BCUT2D eigenvalue weighted by Crippen LogP contribution is -2.10. The Labute approximate surface area is 98.0 Å². The zero-order valence-electron chi connectivity index (χ0n) is 10.8. The van der Waals surface area contributed by atoms with E-state index in [2.05, 4.69) is 34.9 Å². The maximum atomic E-state index is 5.01. The van der Waals surface area contributed by atoms with Gasteiger partial charge < -0.3 is 14.6 Å². The summed E-state index contributed by atoms with van der Waals surface area (Å²) in [5.41, 5.74) is 1.06. The van der Waals surface area contributed by atoms with E-state index in [-0.39, 0.29) is 0 Å². The van der Waals surface area contributed by atoms with Gasteiger partial charge >= 0.3 is 0 Å². The lowest BCUT2D eigenvalue weighted by atomic mass is 10.3. The number of rotatable bonds is 7. The topological polar surface area (TPSA) is 39.1 Å². The van der Waals surface area contributed by atoms with Crippen molar-refractivity contribution in [3.05, 3.63) is 11.9 Å². The second-order valence-electron chi connectivity index (χ2n) is 4.33. The first-order chi connectivity index (χ1) is 7.65. The Balaban J connectivity index is 2.40. The van der Waals surface area contributed by atoms with E-state index in [0.29, 0.717) is 6.04 Å². The number of ether oxygens (including phenoxy) is 1. The Hall–Kier alpha value is -1.03. The van der Waals surface area contributed by atoms with Crippen molar-refractivity contribution >= 4 is 5.95 Å². The molecule has 0 spiro atoms. The Morgan fingerprint density at radius 1 is 1.44 bits per heavy atom. The number of anilines is 1. The number of nitrogens with zero attached hydrogens (tertiary/aromatic N) is 2. The van der Waals surface area contributed by atoms with E-state index in [9.17, 15) is 0 Å². The van der Waals surface area contributed by atoms with E-state index >= 15 is 0 Å². The van der Waals surface area contributed by atoms with E-state index in [1.54, 1.807) is 7.11 Å². The second kappa shape index (κ2) is 6.53. The van der Waals surface area contributed by atoms with Gasteiger partial charge in [0.05, 0.1) is 5.69 Å². The van der Waals surface area contributed by atoms with Crippen molar-refractivity contribution in [3.63, 3.8) is 0 Å². The summed E-state index contributed by atoms with van der Waals surface area (Å²) in [7, 11) is 1.74. The summed E-state index contributed by atoms with van der Waals surface area (Å²) < 4.78 is 7.18. The van der Waals surface area contributed by atoms with Gasteiger partial charge in [0.1, 0.15) is 0 Å². The van der Waals surface area contributed by atoms with Crippen LogP contribution in [0.4, 0.5) is 5.95 Å². The molecule has 0 aliphatic rings. The molecule has 0 radical (unpaired) electrons. The summed E-state index contributed by atoms with van der Waals surface area (Å²) >= 11 is 0. The molecule has 0 saturated heterocycles. The van der Waals surface area contributed by atoms with Crippen molar-refractivity contribution in [2.75, 3.05) is 25.6 Å². The van der Waals surface area contributed by atoms with Gasteiger partial charge in [-0.05, 0) is 33.6 Å². The fraction of sp³-hybridized carbons (Fsp3) is 0.750. The molecular formula is C12H23N3O. The maximum absolute atomic E-state index is 5.01. The first-order valence-corrected chi connectivity index (χ1v) is 5.93. The smallest absolute Gasteiger partial charge is 0.203 e. The fourth-order valence-corrected chi connectivity index (χ4v) is 1.61. The van der Waals surface area contributed by atoms with Crippen LogP contribution in [-0.2, 0) is 4.74 Å². The molecule has 0 amide bonds. The average Bonchev–Trinajstić information content (AvgIpc) is 2.59. The lowest BCUT2D eigenvalue weighted by Gasteiger charge is -2.12. The molecular weight excluding hydrogens is 202 g/mol. The molecule has 0 atom stereocenters. The van der Waals surface area contributed by atoms with Gasteiger partial charge in [0.25, 0.3) is 0 Å².